The molecule has 3 nitrogen and oxygen atoms in total. The van der Waals surface area contributed by atoms with Crippen LogP contribution in [0.4, 0.5) is 0 Å². The highest BCUT2D eigenvalue weighted by atomic mass is 16.6. The fourth-order valence-corrected chi connectivity index (χ4v) is 3.48. The van der Waals surface area contributed by atoms with Crippen molar-refractivity contribution < 1.29 is 9.63 Å². The lowest BCUT2D eigenvalue weighted by Gasteiger charge is -2.10. The number of carbonyl (C=O) groups is 1. The van der Waals surface area contributed by atoms with Gasteiger partial charge in [-0.15, -0.1) is 0 Å². The van der Waals surface area contributed by atoms with Crippen LogP contribution in [0.25, 0.3) is 0 Å². The van der Waals surface area contributed by atoms with Crippen molar-refractivity contribution in [3.05, 3.63) is 107 Å². The molecule has 27 heavy (non-hydrogen) atoms. The molecule has 0 bridgehead atoms. The Morgan fingerprint density at radius 1 is 1.00 bits per heavy atom. The van der Waals surface area contributed by atoms with Gasteiger partial charge in [-0.1, -0.05) is 89.6 Å². The van der Waals surface area contributed by atoms with Gasteiger partial charge < -0.3 is 4.84 Å². The Labute approximate surface area is 159 Å². The molecule has 0 aromatic heterocycles. The SMILES string of the molecule is Cc1cccc(CC2CC(c3ccccc3C(=O)c3ccccc3)=NO2)c1. The second kappa shape index (κ2) is 7.58. The lowest BCUT2D eigenvalue weighted by Crippen LogP contribution is -2.14. The van der Waals surface area contributed by atoms with Crippen LogP contribution in [0.1, 0.15) is 39.0 Å². The maximum atomic E-state index is 12.9. The number of nitrogens with zero attached hydrogens (tertiary/aromatic N) is 1. The molecule has 3 heteroatoms. The van der Waals surface area contributed by atoms with Gasteiger partial charge in [0.05, 0.1) is 5.71 Å². The van der Waals surface area contributed by atoms with Crippen LogP contribution in [0, 0.1) is 6.92 Å². The van der Waals surface area contributed by atoms with E-state index >= 15 is 0 Å². The van der Waals surface area contributed by atoms with Crippen molar-refractivity contribution >= 4 is 11.5 Å². The van der Waals surface area contributed by atoms with Crippen molar-refractivity contribution in [1.82, 2.24) is 0 Å². The average Bonchev–Trinajstić information content (AvgIpc) is 3.16. The van der Waals surface area contributed by atoms with Gasteiger partial charge in [0.15, 0.2) is 5.78 Å². The molecule has 1 atom stereocenters. The number of hydrogen-bond donors (Lipinski definition) is 0. The van der Waals surface area contributed by atoms with Crippen LogP contribution in [0.3, 0.4) is 0 Å². The number of carbonyl (C=O) groups excluding carboxylic acids is 1. The molecule has 0 aliphatic carbocycles. The number of benzene rings is 3. The minimum Gasteiger partial charge on any atom is -0.391 e. The largest absolute Gasteiger partial charge is 0.391 e. The Morgan fingerprint density at radius 3 is 2.59 bits per heavy atom. The van der Waals surface area contributed by atoms with Crippen LogP contribution in [0.2, 0.25) is 0 Å². The van der Waals surface area contributed by atoms with Crippen LogP contribution in [0.5, 0.6) is 0 Å². The number of oxime groups is 1. The van der Waals surface area contributed by atoms with Gasteiger partial charge in [-0.25, -0.2) is 0 Å². The maximum Gasteiger partial charge on any atom is 0.193 e. The molecule has 1 aliphatic rings. The molecule has 4 rings (SSSR count). The summed E-state index contributed by atoms with van der Waals surface area (Å²) in [6.07, 6.45) is 1.51. The zero-order chi connectivity index (χ0) is 18.6. The number of hydrogen-bond acceptors (Lipinski definition) is 3. The summed E-state index contributed by atoms with van der Waals surface area (Å²) >= 11 is 0. The second-order valence-electron chi connectivity index (χ2n) is 6.90. The lowest BCUT2D eigenvalue weighted by molar-refractivity contribution is 0.0859. The zero-order valence-corrected chi connectivity index (χ0v) is 15.3. The van der Waals surface area contributed by atoms with Gasteiger partial charge in [-0.2, -0.15) is 0 Å². The van der Waals surface area contributed by atoms with Crippen LogP contribution in [-0.4, -0.2) is 17.6 Å². The van der Waals surface area contributed by atoms with Gasteiger partial charge in [-0.05, 0) is 12.5 Å². The first-order valence-electron chi connectivity index (χ1n) is 9.18. The third-order valence-corrected chi connectivity index (χ3v) is 4.80. The molecule has 134 valence electrons. The Hall–Kier alpha value is -3.20. The van der Waals surface area contributed by atoms with Gasteiger partial charge in [0.2, 0.25) is 0 Å². The van der Waals surface area contributed by atoms with E-state index in [1.54, 1.807) is 0 Å². The number of rotatable bonds is 5. The molecule has 3 aromatic carbocycles. The first-order valence-corrected chi connectivity index (χ1v) is 9.18. The average molecular weight is 355 g/mol. The molecule has 3 aromatic rings. The van der Waals surface area contributed by atoms with Crippen LogP contribution < -0.4 is 0 Å². The molecule has 1 heterocycles. The second-order valence-corrected chi connectivity index (χ2v) is 6.90. The van der Waals surface area contributed by atoms with Crippen LogP contribution in [-0.2, 0) is 11.3 Å². The first-order chi connectivity index (χ1) is 13.2. The van der Waals surface area contributed by atoms with E-state index in [9.17, 15) is 4.79 Å². The zero-order valence-electron chi connectivity index (χ0n) is 15.3. The molecule has 1 aliphatic heterocycles. The summed E-state index contributed by atoms with van der Waals surface area (Å²) in [6, 6.07) is 25.4. The first kappa shape index (κ1) is 17.2. The summed E-state index contributed by atoms with van der Waals surface area (Å²) in [7, 11) is 0. The normalized spacial score (nSPS) is 15.9. The molecule has 0 saturated carbocycles. The molecular formula is C24H21NO2. The predicted octanol–water partition coefficient (Wildman–Crippen LogP) is 4.96. The van der Waals surface area contributed by atoms with Crippen molar-refractivity contribution in [3.8, 4) is 0 Å². The summed E-state index contributed by atoms with van der Waals surface area (Å²) in [5.74, 6) is 0.0102. The molecule has 0 spiro atoms. The third-order valence-electron chi connectivity index (χ3n) is 4.80. The standard InChI is InChI=1S/C24H21NO2/c1-17-8-7-9-18(14-17)15-20-16-23(25-27-20)21-12-5-6-13-22(21)24(26)19-10-3-2-4-11-19/h2-14,20H,15-16H2,1H3. The minimum absolute atomic E-state index is 0.00156. The number of ketones is 1. The maximum absolute atomic E-state index is 12.9. The topological polar surface area (TPSA) is 38.7 Å². The molecule has 0 N–H and O–H groups in total. The Balaban J connectivity index is 1.54. The highest BCUT2D eigenvalue weighted by Crippen LogP contribution is 2.24. The van der Waals surface area contributed by atoms with E-state index < -0.39 is 0 Å². The van der Waals surface area contributed by atoms with Crippen molar-refractivity contribution in [3.63, 3.8) is 0 Å². The molecule has 0 radical (unpaired) electrons. The van der Waals surface area contributed by atoms with E-state index in [1.807, 2.05) is 54.6 Å². The van der Waals surface area contributed by atoms with E-state index in [4.69, 9.17) is 4.84 Å². The van der Waals surface area contributed by atoms with E-state index in [1.165, 1.54) is 11.1 Å². The smallest absolute Gasteiger partial charge is 0.193 e. The summed E-state index contributed by atoms with van der Waals surface area (Å²) in [5.41, 5.74) is 5.53. The highest BCUT2D eigenvalue weighted by Gasteiger charge is 2.25. The van der Waals surface area contributed by atoms with Gasteiger partial charge in [0.25, 0.3) is 0 Å². The van der Waals surface area contributed by atoms with Gasteiger partial charge in [0, 0.05) is 29.5 Å². The summed E-state index contributed by atoms with van der Waals surface area (Å²) in [4.78, 5) is 18.6. The van der Waals surface area contributed by atoms with E-state index in [-0.39, 0.29) is 11.9 Å². The fourth-order valence-electron chi connectivity index (χ4n) is 3.48. The third kappa shape index (κ3) is 3.82. The lowest BCUT2D eigenvalue weighted by atomic mass is 9.93. The molecule has 0 amide bonds. The van der Waals surface area contributed by atoms with Gasteiger partial charge in [0.1, 0.15) is 6.10 Å². The van der Waals surface area contributed by atoms with Crippen LogP contribution in [0.15, 0.2) is 84.0 Å². The van der Waals surface area contributed by atoms with Crippen molar-refractivity contribution in [1.29, 1.82) is 0 Å². The van der Waals surface area contributed by atoms with Crippen molar-refractivity contribution in [2.75, 3.05) is 0 Å². The molecule has 0 saturated heterocycles. The van der Waals surface area contributed by atoms with Crippen molar-refractivity contribution in [2.24, 2.45) is 5.16 Å². The summed E-state index contributed by atoms with van der Waals surface area (Å²) < 4.78 is 0. The van der Waals surface area contributed by atoms with E-state index in [0.717, 1.165) is 17.7 Å². The summed E-state index contributed by atoms with van der Waals surface area (Å²) in [5, 5.41) is 4.31. The summed E-state index contributed by atoms with van der Waals surface area (Å²) in [6.45, 7) is 2.09. The Kier molecular flexibility index (Phi) is 4.84. The Morgan fingerprint density at radius 2 is 1.78 bits per heavy atom. The van der Waals surface area contributed by atoms with E-state index in [2.05, 4.69) is 36.3 Å². The molecular weight excluding hydrogens is 334 g/mol. The predicted molar refractivity (Wildman–Crippen MR) is 107 cm³/mol. The Bertz CT molecular complexity index is 992. The highest BCUT2D eigenvalue weighted by molar-refractivity contribution is 6.17. The van der Waals surface area contributed by atoms with Crippen LogP contribution >= 0.6 is 0 Å². The monoisotopic (exact) mass is 355 g/mol. The molecule has 1 unspecified atom stereocenters. The molecule has 0 fully saturated rings. The van der Waals surface area contributed by atoms with Gasteiger partial charge in [-0.3, -0.25) is 4.79 Å². The van der Waals surface area contributed by atoms with Gasteiger partial charge >= 0.3 is 0 Å². The quantitative estimate of drug-likeness (QED) is 0.607. The fraction of sp³-hybridized carbons (Fsp3) is 0.167. The van der Waals surface area contributed by atoms with E-state index in [0.29, 0.717) is 17.5 Å². The minimum atomic E-state index is 0.00156. The van der Waals surface area contributed by atoms with Crippen molar-refractivity contribution in [2.45, 2.75) is 25.9 Å². The number of aryl methyl sites for hydroxylation is 1.